The Labute approximate surface area is 222 Å². The molecule has 3 amide bonds. The minimum Gasteiger partial charge on any atom is -0.495 e. The van der Waals surface area contributed by atoms with Gasteiger partial charge in [0, 0.05) is 17.9 Å². The summed E-state index contributed by atoms with van der Waals surface area (Å²) >= 11 is 0. The summed E-state index contributed by atoms with van der Waals surface area (Å²) in [4.78, 5) is 38.7. The van der Waals surface area contributed by atoms with Crippen LogP contribution in [-0.2, 0) is 22.4 Å². The summed E-state index contributed by atoms with van der Waals surface area (Å²) in [6.07, 6.45) is 1.76. The number of fused-ring (bicyclic) bond motifs is 1. The number of carbonyl (C=O) groups excluding carboxylic acids is 2. The maximum atomic E-state index is 13.2. The zero-order valence-electron chi connectivity index (χ0n) is 21.9. The molecule has 1 aliphatic heterocycles. The second-order valence-electron chi connectivity index (χ2n) is 9.49. The molecule has 1 aliphatic rings. The Balaban J connectivity index is 1.43. The molecule has 1 heterocycles. The number of methoxy groups -OCH3 is 1. The van der Waals surface area contributed by atoms with Crippen molar-refractivity contribution in [1.29, 1.82) is 0 Å². The summed E-state index contributed by atoms with van der Waals surface area (Å²) < 4.78 is 5.49. The first-order chi connectivity index (χ1) is 18.3. The molecule has 8 nitrogen and oxygen atoms in total. The number of carbonyl (C=O) groups is 3. The molecule has 1 unspecified atom stereocenters. The van der Waals surface area contributed by atoms with Crippen molar-refractivity contribution in [2.75, 3.05) is 29.2 Å². The second kappa shape index (κ2) is 11.8. The number of amides is 3. The Hall–Kier alpha value is -4.33. The number of benzene rings is 3. The SMILES string of the molecule is CCC(CC(=O)O)c1ccc2c(c1)CCN2C(=O)Cc1ccc(NC(=O)Nc2ccccc2C)c(OC)c1. The van der Waals surface area contributed by atoms with Gasteiger partial charge in [-0.05, 0) is 72.2 Å². The number of carboxylic acid groups (broad SMARTS) is 1. The van der Waals surface area contributed by atoms with E-state index in [1.807, 2.05) is 62.4 Å². The number of carboxylic acids is 1. The molecule has 3 N–H and O–H groups in total. The first-order valence-electron chi connectivity index (χ1n) is 12.7. The number of hydrogen-bond donors (Lipinski definition) is 3. The predicted octanol–water partition coefficient (Wildman–Crippen LogP) is 5.75. The molecule has 1 atom stereocenters. The molecule has 0 aromatic heterocycles. The van der Waals surface area contributed by atoms with Crippen molar-refractivity contribution in [3.8, 4) is 5.75 Å². The molecule has 3 aromatic rings. The van der Waals surface area contributed by atoms with Gasteiger partial charge in [-0.1, -0.05) is 43.3 Å². The van der Waals surface area contributed by atoms with E-state index in [0.29, 0.717) is 18.0 Å². The number of anilines is 3. The van der Waals surface area contributed by atoms with Crippen LogP contribution in [0.1, 0.15) is 47.9 Å². The molecule has 0 saturated carbocycles. The summed E-state index contributed by atoms with van der Waals surface area (Å²) in [6, 6.07) is 18.3. The fraction of sp³-hybridized carbons (Fsp3) is 0.300. The fourth-order valence-corrected chi connectivity index (χ4v) is 4.85. The van der Waals surface area contributed by atoms with Gasteiger partial charge in [-0.25, -0.2) is 4.79 Å². The Kier molecular flexibility index (Phi) is 8.31. The zero-order valence-corrected chi connectivity index (χ0v) is 21.9. The quantitative estimate of drug-likeness (QED) is 0.336. The topological polar surface area (TPSA) is 108 Å². The lowest BCUT2D eigenvalue weighted by molar-refractivity contribution is -0.137. The van der Waals surface area contributed by atoms with Crippen molar-refractivity contribution < 1.29 is 24.2 Å². The molecule has 0 bridgehead atoms. The van der Waals surface area contributed by atoms with E-state index in [0.717, 1.165) is 46.5 Å². The van der Waals surface area contributed by atoms with Crippen LogP contribution in [0.25, 0.3) is 0 Å². The average Bonchev–Trinajstić information content (AvgIpc) is 3.33. The molecule has 38 heavy (non-hydrogen) atoms. The monoisotopic (exact) mass is 515 g/mol. The Bertz CT molecular complexity index is 1350. The summed E-state index contributed by atoms with van der Waals surface area (Å²) in [7, 11) is 1.52. The zero-order chi connectivity index (χ0) is 27.2. The van der Waals surface area contributed by atoms with E-state index in [4.69, 9.17) is 4.74 Å². The highest BCUT2D eigenvalue weighted by Crippen LogP contribution is 2.34. The van der Waals surface area contributed by atoms with E-state index in [1.165, 1.54) is 7.11 Å². The number of urea groups is 1. The number of hydrogen-bond acceptors (Lipinski definition) is 4. The highest BCUT2D eigenvalue weighted by molar-refractivity contribution is 6.01. The first-order valence-corrected chi connectivity index (χ1v) is 12.7. The predicted molar refractivity (Wildman–Crippen MR) is 148 cm³/mol. The van der Waals surface area contributed by atoms with Crippen molar-refractivity contribution in [3.05, 3.63) is 82.9 Å². The minimum atomic E-state index is -0.808. The van der Waals surface area contributed by atoms with Crippen LogP contribution in [-0.4, -0.2) is 36.7 Å². The molecule has 0 spiro atoms. The van der Waals surface area contributed by atoms with Crippen molar-refractivity contribution in [1.82, 2.24) is 0 Å². The van der Waals surface area contributed by atoms with Crippen LogP contribution in [0, 0.1) is 6.92 Å². The number of aryl methyl sites for hydroxylation is 1. The molecule has 4 rings (SSSR count). The Morgan fingerprint density at radius 3 is 2.50 bits per heavy atom. The van der Waals surface area contributed by atoms with Crippen molar-refractivity contribution in [2.45, 2.75) is 45.4 Å². The van der Waals surface area contributed by atoms with E-state index in [2.05, 4.69) is 10.6 Å². The largest absolute Gasteiger partial charge is 0.495 e. The molecular formula is C30H33N3O5. The lowest BCUT2D eigenvalue weighted by atomic mass is 9.91. The highest BCUT2D eigenvalue weighted by atomic mass is 16.5. The van der Waals surface area contributed by atoms with Gasteiger partial charge in [0.1, 0.15) is 5.75 Å². The standard InChI is InChI=1S/C30H33N3O5/c1-4-21(18-29(35)36)22-10-12-26-23(17-22)13-14-33(26)28(34)16-20-9-11-25(27(15-20)38-3)32-30(37)31-24-8-6-5-7-19(24)2/h5-12,15,17,21H,4,13-14,16,18H2,1-3H3,(H,35,36)(H2,31,32,37). The van der Waals surface area contributed by atoms with Crippen LogP contribution < -0.4 is 20.3 Å². The second-order valence-corrected chi connectivity index (χ2v) is 9.49. The van der Waals surface area contributed by atoms with E-state index in [-0.39, 0.29) is 30.7 Å². The third kappa shape index (κ3) is 6.14. The third-order valence-corrected chi connectivity index (χ3v) is 6.95. The van der Waals surface area contributed by atoms with Gasteiger partial charge < -0.3 is 25.4 Å². The van der Waals surface area contributed by atoms with E-state index < -0.39 is 5.97 Å². The summed E-state index contributed by atoms with van der Waals surface area (Å²) in [5, 5.41) is 14.8. The van der Waals surface area contributed by atoms with Crippen LogP contribution >= 0.6 is 0 Å². The summed E-state index contributed by atoms with van der Waals surface area (Å²) in [5.41, 5.74) is 5.89. The molecular weight excluding hydrogens is 482 g/mol. The maximum absolute atomic E-state index is 13.2. The third-order valence-electron chi connectivity index (χ3n) is 6.95. The van der Waals surface area contributed by atoms with Crippen molar-refractivity contribution in [2.24, 2.45) is 0 Å². The van der Waals surface area contributed by atoms with Gasteiger partial charge in [-0.15, -0.1) is 0 Å². The van der Waals surface area contributed by atoms with E-state index >= 15 is 0 Å². The van der Waals surface area contributed by atoms with Gasteiger partial charge in [0.05, 0.1) is 25.6 Å². The molecule has 0 fully saturated rings. The highest BCUT2D eigenvalue weighted by Gasteiger charge is 2.26. The van der Waals surface area contributed by atoms with Crippen LogP contribution in [0.2, 0.25) is 0 Å². The Morgan fingerprint density at radius 2 is 1.79 bits per heavy atom. The molecule has 3 aromatic carbocycles. The molecule has 8 heteroatoms. The van der Waals surface area contributed by atoms with Crippen LogP contribution in [0.5, 0.6) is 5.75 Å². The normalized spacial score (nSPS) is 13.0. The maximum Gasteiger partial charge on any atom is 0.323 e. The van der Waals surface area contributed by atoms with Crippen molar-refractivity contribution >= 4 is 35.0 Å². The van der Waals surface area contributed by atoms with Gasteiger partial charge in [-0.2, -0.15) is 0 Å². The van der Waals surface area contributed by atoms with Crippen LogP contribution in [0.3, 0.4) is 0 Å². The van der Waals surface area contributed by atoms with Gasteiger partial charge in [-0.3, -0.25) is 9.59 Å². The lowest BCUT2D eigenvalue weighted by Gasteiger charge is -2.19. The molecule has 0 aliphatic carbocycles. The number of aliphatic carboxylic acids is 1. The lowest BCUT2D eigenvalue weighted by Crippen LogP contribution is -2.30. The smallest absolute Gasteiger partial charge is 0.323 e. The number of nitrogens with zero attached hydrogens (tertiary/aromatic N) is 1. The first kappa shape index (κ1) is 26.7. The fourth-order valence-electron chi connectivity index (χ4n) is 4.85. The van der Waals surface area contributed by atoms with E-state index in [1.54, 1.807) is 17.0 Å². The molecule has 198 valence electrons. The van der Waals surface area contributed by atoms with Crippen molar-refractivity contribution in [3.63, 3.8) is 0 Å². The van der Waals surface area contributed by atoms with E-state index in [9.17, 15) is 19.5 Å². The van der Waals surface area contributed by atoms with Gasteiger partial charge in [0.2, 0.25) is 5.91 Å². The Morgan fingerprint density at radius 1 is 1.03 bits per heavy atom. The number of para-hydroxylation sites is 1. The van der Waals surface area contributed by atoms with Gasteiger partial charge in [0.15, 0.2) is 0 Å². The minimum absolute atomic E-state index is 0.0332. The van der Waals surface area contributed by atoms with Crippen LogP contribution in [0.15, 0.2) is 60.7 Å². The average molecular weight is 516 g/mol. The number of nitrogens with one attached hydrogen (secondary N) is 2. The number of ether oxygens (including phenoxy) is 1. The molecule has 0 saturated heterocycles. The summed E-state index contributed by atoms with van der Waals surface area (Å²) in [6.45, 7) is 4.49. The van der Waals surface area contributed by atoms with Crippen LogP contribution in [0.4, 0.5) is 21.9 Å². The van der Waals surface area contributed by atoms with Gasteiger partial charge >= 0.3 is 12.0 Å². The number of rotatable bonds is 9. The van der Waals surface area contributed by atoms with Gasteiger partial charge in [0.25, 0.3) is 0 Å². The molecule has 0 radical (unpaired) electrons. The summed E-state index contributed by atoms with van der Waals surface area (Å²) in [5.74, 6) is -0.418.